The van der Waals surface area contributed by atoms with Crippen LogP contribution in [0.25, 0.3) is 0 Å². The summed E-state index contributed by atoms with van der Waals surface area (Å²) in [6.45, 7) is 5.40. The number of allylic oxidation sites excluding steroid dienone is 2. The minimum Gasteiger partial charge on any atom is -1.00 e. The summed E-state index contributed by atoms with van der Waals surface area (Å²) in [5.74, 6) is 0.261. The van der Waals surface area contributed by atoms with Crippen LogP contribution in [-0.4, -0.2) is 29.9 Å². The number of quaternary nitrogens is 1. The van der Waals surface area contributed by atoms with E-state index in [4.69, 9.17) is 0 Å². The molecular formula is C26H26BrClN2O. The summed E-state index contributed by atoms with van der Waals surface area (Å²) in [6.07, 6.45) is 5.60. The lowest BCUT2D eigenvalue weighted by Gasteiger charge is -2.53. The molecule has 160 valence electrons. The molecule has 0 amide bonds. The van der Waals surface area contributed by atoms with Gasteiger partial charge in [0.1, 0.15) is 25.4 Å². The molecule has 6 rings (SSSR count). The molecule has 4 aliphatic rings. The van der Waals surface area contributed by atoms with Crippen LogP contribution in [0.3, 0.4) is 0 Å². The number of carbonyl (C=O) groups is 1. The topological polar surface area (TPSA) is 29.1 Å². The van der Waals surface area contributed by atoms with E-state index in [1.165, 1.54) is 28.1 Å². The van der Waals surface area contributed by atoms with Crippen molar-refractivity contribution < 1.29 is 21.7 Å². The van der Waals surface area contributed by atoms with Crippen molar-refractivity contribution >= 4 is 27.9 Å². The molecule has 2 unspecified atom stereocenters. The van der Waals surface area contributed by atoms with Crippen LogP contribution in [0, 0.1) is 5.92 Å². The second-order valence-electron chi connectivity index (χ2n) is 9.39. The van der Waals surface area contributed by atoms with E-state index in [2.05, 4.69) is 82.8 Å². The maximum Gasteiger partial charge on any atom is 0.148 e. The van der Waals surface area contributed by atoms with Crippen molar-refractivity contribution in [3.8, 4) is 0 Å². The molecule has 5 heteroatoms. The van der Waals surface area contributed by atoms with Gasteiger partial charge in [0.05, 0.1) is 12.0 Å². The number of fused-ring (bicyclic) bond motifs is 2. The highest BCUT2D eigenvalue weighted by Crippen LogP contribution is 2.63. The smallest absolute Gasteiger partial charge is 0.148 e. The molecule has 31 heavy (non-hydrogen) atoms. The fourth-order valence-electron chi connectivity index (χ4n) is 7.08. The van der Waals surface area contributed by atoms with Crippen LogP contribution in [0.2, 0.25) is 0 Å². The van der Waals surface area contributed by atoms with Gasteiger partial charge in [-0.25, -0.2) is 0 Å². The zero-order valence-corrected chi connectivity index (χ0v) is 19.9. The first-order valence-electron chi connectivity index (χ1n) is 10.9. The Morgan fingerprint density at radius 2 is 1.97 bits per heavy atom. The van der Waals surface area contributed by atoms with Gasteiger partial charge in [0.15, 0.2) is 0 Å². The number of nitrogens with zero attached hydrogens (tertiary/aromatic N) is 1. The van der Waals surface area contributed by atoms with E-state index in [1.807, 2.05) is 0 Å². The van der Waals surface area contributed by atoms with Gasteiger partial charge in [0.25, 0.3) is 0 Å². The number of nitrogens with one attached hydrogen (secondary N) is 1. The highest BCUT2D eigenvalue weighted by Gasteiger charge is 2.68. The van der Waals surface area contributed by atoms with E-state index >= 15 is 0 Å². The highest BCUT2D eigenvalue weighted by atomic mass is 79.9. The Kier molecular flexibility index (Phi) is 4.96. The summed E-state index contributed by atoms with van der Waals surface area (Å²) in [7, 11) is 0. The summed E-state index contributed by atoms with van der Waals surface area (Å²) in [5, 5.41) is 3.72. The van der Waals surface area contributed by atoms with E-state index in [0.29, 0.717) is 6.04 Å². The number of halogens is 2. The summed E-state index contributed by atoms with van der Waals surface area (Å²) in [6, 6.07) is 18.1. The van der Waals surface area contributed by atoms with Crippen LogP contribution in [0.15, 0.2) is 75.9 Å². The molecule has 2 bridgehead atoms. The average molecular weight is 498 g/mol. The Morgan fingerprint density at radius 3 is 2.71 bits per heavy atom. The van der Waals surface area contributed by atoms with Crippen LogP contribution in [0.5, 0.6) is 0 Å². The molecule has 3 nitrogen and oxygen atoms in total. The molecule has 4 atom stereocenters. The van der Waals surface area contributed by atoms with Crippen molar-refractivity contribution in [1.29, 1.82) is 0 Å². The van der Waals surface area contributed by atoms with Crippen molar-refractivity contribution in [1.82, 2.24) is 0 Å². The van der Waals surface area contributed by atoms with Gasteiger partial charge in [-0.3, -0.25) is 4.79 Å². The molecule has 2 aromatic rings. The SMILES string of the molecule is C/C=C1/C[N+]2(Cc3ccc(Br)cc3)CC[C@]34C(=C(C=O)[C@H]1CC32)Nc1ccccc14.[Cl-]. The van der Waals surface area contributed by atoms with E-state index < -0.39 is 0 Å². The number of rotatable bonds is 3. The zero-order valence-electron chi connectivity index (χ0n) is 17.6. The van der Waals surface area contributed by atoms with Crippen LogP contribution in [-0.2, 0) is 16.8 Å². The molecule has 3 heterocycles. The fourth-order valence-corrected chi connectivity index (χ4v) is 7.35. The van der Waals surface area contributed by atoms with Crippen molar-refractivity contribution in [2.24, 2.45) is 5.92 Å². The third-order valence-corrected chi connectivity index (χ3v) is 8.80. The largest absolute Gasteiger partial charge is 1.00 e. The van der Waals surface area contributed by atoms with E-state index in [1.54, 1.807) is 0 Å². The van der Waals surface area contributed by atoms with Gasteiger partial charge in [0.2, 0.25) is 0 Å². The molecule has 1 aliphatic carbocycles. The molecule has 1 spiro atoms. The maximum atomic E-state index is 12.4. The molecule has 2 aromatic carbocycles. The monoisotopic (exact) mass is 496 g/mol. The summed E-state index contributed by atoms with van der Waals surface area (Å²) >= 11 is 3.58. The number of aldehydes is 1. The maximum absolute atomic E-state index is 12.4. The van der Waals surface area contributed by atoms with Crippen molar-refractivity contribution in [3.05, 3.63) is 87.0 Å². The first-order chi connectivity index (χ1) is 14.6. The molecular weight excluding hydrogens is 472 g/mol. The van der Waals surface area contributed by atoms with E-state index in [-0.39, 0.29) is 23.7 Å². The van der Waals surface area contributed by atoms with Gasteiger partial charge in [0, 0.05) is 45.8 Å². The third-order valence-electron chi connectivity index (χ3n) is 8.27. The first kappa shape index (κ1) is 21.0. The van der Waals surface area contributed by atoms with Crippen molar-refractivity contribution in [3.63, 3.8) is 0 Å². The molecule has 0 saturated carbocycles. The fraction of sp³-hybridized carbons (Fsp3) is 0.346. The quantitative estimate of drug-likeness (QED) is 0.401. The third kappa shape index (κ3) is 2.71. The second kappa shape index (κ2) is 7.33. The summed E-state index contributed by atoms with van der Waals surface area (Å²) < 4.78 is 2.23. The van der Waals surface area contributed by atoms with E-state index in [0.717, 1.165) is 53.3 Å². The molecule has 3 aliphatic heterocycles. The van der Waals surface area contributed by atoms with Crippen molar-refractivity contribution in [2.75, 3.05) is 18.4 Å². The van der Waals surface area contributed by atoms with Gasteiger partial charge in [-0.15, -0.1) is 0 Å². The lowest BCUT2D eigenvalue weighted by atomic mass is 9.61. The zero-order chi connectivity index (χ0) is 20.5. The Hall–Kier alpha value is -1.88. The lowest BCUT2D eigenvalue weighted by Crippen LogP contribution is -3.00. The highest BCUT2D eigenvalue weighted by molar-refractivity contribution is 9.10. The average Bonchev–Trinajstić information content (AvgIpc) is 3.29. The van der Waals surface area contributed by atoms with Gasteiger partial charge in [-0.05, 0) is 36.3 Å². The Balaban J connectivity index is 0.00000204. The van der Waals surface area contributed by atoms with Crippen molar-refractivity contribution in [2.45, 2.75) is 37.8 Å². The van der Waals surface area contributed by atoms with Crippen LogP contribution in [0.4, 0.5) is 5.69 Å². The predicted molar refractivity (Wildman–Crippen MR) is 123 cm³/mol. The Labute approximate surface area is 198 Å². The number of benzene rings is 2. The number of hydrogen-bond donors (Lipinski definition) is 1. The standard InChI is InChI=1S/C26H25BrN2O.ClH/c1-2-18-15-29(14-17-7-9-19(27)10-8-17)12-11-26-22-5-3-4-6-23(22)28-25(26)21(16-30)20(18)13-24(26)29;/h2-10,16,20,24H,11-15H2,1H3;1H/b18-2-;/t20-,24?,26+,29?;/m0./s1. The number of anilines is 1. The number of piperidine rings is 1. The molecule has 2 fully saturated rings. The predicted octanol–water partition coefficient (Wildman–Crippen LogP) is 2.34. The Bertz CT molecular complexity index is 1120. The van der Waals surface area contributed by atoms with Gasteiger partial charge in [-0.2, -0.15) is 0 Å². The molecule has 0 aromatic heterocycles. The van der Waals surface area contributed by atoms with E-state index in [9.17, 15) is 4.79 Å². The lowest BCUT2D eigenvalue weighted by molar-refractivity contribution is -0.954. The first-order valence-corrected chi connectivity index (χ1v) is 11.7. The summed E-state index contributed by atoms with van der Waals surface area (Å²) in [5.41, 5.74) is 7.60. The minimum absolute atomic E-state index is 0. The molecule has 1 N–H and O–H groups in total. The van der Waals surface area contributed by atoms with Gasteiger partial charge < -0.3 is 22.2 Å². The molecule has 0 radical (unpaired) electrons. The number of carbonyl (C=O) groups excluding carboxylic acids is 1. The summed E-state index contributed by atoms with van der Waals surface area (Å²) in [4.78, 5) is 12.4. The van der Waals surface area contributed by atoms with Gasteiger partial charge >= 0.3 is 0 Å². The Morgan fingerprint density at radius 1 is 1.19 bits per heavy atom. The van der Waals surface area contributed by atoms with Gasteiger partial charge in [-0.1, -0.05) is 52.3 Å². The van der Waals surface area contributed by atoms with Crippen LogP contribution >= 0.6 is 15.9 Å². The molecule has 2 saturated heterocycles. The minimum atomic E-state index is -0.0437. The number of hydrogen-bond acceptors (Lipinski definition) is 2. The normalized spacial score (nSPS) is 33.4. The number of para-hydroxylation sites is 1. The second-order valence-corrected chi connectivity index (χ2v) is 10.3. The van der Waals surface area contributed by atoms with Crippen LogP contribution < -0.4 is 17.7 Å². The van der Waals surface area contributed by atoms with Crippen LogP contribution in [0.1, 0.15) is 30.9 Å².